The first kappa shape index (κ1) is 18.3. The Labute approximate surface area is 174 Å². The Morgan fingerprint density at radius 1 is 1.31 bits per heavy atom. The lowest BCUT2D eigenvalue weighted by molar-refractivity contribution is -0.120. The standard InChI is InChI=1S/C20H17FN4O2S2/c21-13-5-6-14-17(9-13)29-20(23-14)25-7-1-3-12(10-25)18(26)24-19-22-15(11-28-19)16-4-2-8-27-16/h2,4-6,8-9,11-12H,1,3,7,10H2,(H,22,24,26). The van der Waals surface area contributed by atoms with E-state index in [0.29, 0.717) is 23.1 Å². The lowest BCUT2D eigenvalue weighted by Crippen LogP contribution is -2.40. The van der Waals surface area contributed by atoms with Crippen molar-refractivity contribution in [3.05, 3.63) is 47.8 Å². The second kappa shape index (κ2) is 7.57. The molecule has 1 N–H and O–H groups in total. The minimum absolute atomic E-state index is 0.0396. The number of nitrogens with zero attached hydrogens (tertiary/aromatic N) is 3. The molecule has 4 heterocycles. The number of piperidine rings is 1. The van der Waals surface area contributed by atoms with E-state index in [0.717, 1.165) is 34.7 Å². The molecule has 1 unspecified atom stereocenters. The summed E-state index contributed by atoms with van der Waals surface area (Å²) in [4.78, 5) is 24.0. The summed E-state index contributed by atoms with van der Waals surface area (Å²) < 4.78 is 19.6. The van der Waals surface area contributed by atoms with Crippen molar-refractivity contribution in [3.63, 3.8) is 0 Å². The Morgan fingerprint density at radius 3 is 3.10 bits per heavy atom. The van der Waals surface area contributed by atoms with Gasteiger partial charge in [-0.05, 0) is 43.2 Å². The van der Waals surface area contributed by atoms with Gasteiger partial charge in [-0.15, -0.1) is 11.3 Å². The molecule has 1 aromatic carbocycles. The quantitative estimate of drug-likeness (QED) is 0.495. The van der Waals surface area contributed by atoms with Crippen LogP contribution in [0, 0.1) is 11.7 Å². The third-order valence-corrected chi connectivity index (χ3v) is 6.75. The number of aromatic nitrogens is 2. The SMILES string of the molecule is O=C(Nc1nc(-c2ccco2)cs1)C1CCCN(c2nc3ccc(F)cc3s2)C1. The summed E-state index contributed by atoms with van der Waals surface area (Å²) in [5.74, 6) is 0.226. The summed E-state index contributed by atoms with van der Waals surface area (Å²) >= 11 is 2.84. The Kier molecular flexibility index (Phi) is 4.76. The van der Waals surface area contributed by atoms with Gasteiger partial charge in [0.05, 0.1) is 22.4 Å². The Balaban J connectivity index is 1.28. The minimum atomic E-state index is -0.263. The van der Waals surface area contributed by atoms with E-state index in [-0.39, 0.29) is 17.6 Å². The van der Waals surface area contributed by atoms with Gasteiger partial charge in [0.1, 0.15) is 11.5 Å². The molecule has 0 aliphatic carbocycles. The highest BCUT2D eigenvalue weighted by molar-refractivity contribution is 7.22. The lowest BCUT2D eigenvalue weighted by atomic mass is 9.97. The second-order valence-electron chi connectivity index (χ2n) is 6.90. The van der Waals surface area contributed by atoms with Crippen LogP contribution in [0.4, 0.5) is 14.7 Å². The van der Waals surface area contributed by atoms with Crippen LogP contribution in [0.5, 0.6) is 0 Å². The molecule has 1 atom stereocenters. The van der Waals surface area contributed by atoms with Crippen molar-refractivity contribution >= 4 is 49.1 Å². The van der Waals surface area contributed by atoms with Crippen molar-refractivity contribution in [2.45, 2.75) is 12.8 Å². The van der Waals surface area contributed by atoms with Crippen molar-refractivity contribution in [1.82, 2.24) is 9.97 Å². The van der Waals surface area contributed by atoms with Crippen LogP contribution < -0.4 is 10.2 Å². The highest BCUT2D eigenvalue weighted by Gasteiger charge is 2.28. The van der Waals surface area contributed by atoms with Crippen LogP contribution in [0.25, 0.3) is 21.7 Å². The molecular weight excluding hydrogens is 411 g/mol. The average molecular weight is 429 g/mol. The summed E-state index contributed by atoms with van der Waals surface area (Å²) in [5.41, 5.74) is 1.49. The molecule has 148 valence electrons. The fourth-order valence-corrected chi connectivity index (χ4v) is 5.19. The monoisotopic (exact) mass is 428 g/mol. The van der Waals surface area contributed by atoms with E-state index < -0.39 is 0 Å². The number of fused-ring (bicyclic) bond motifs is 1. The molecule has 4 aromatic rings. The van der Waals surface area contributed by atoms with Gasteiger partial charge >= 0.3 is 0 Å². The third kappa shape index (κ3) is 3.75. The Bertz CT molecular complexity index is 1150. The van der Waals surface area contributed by atoms with Gasteiger partial charge in [0.15, 0.2) is 16.0 Å². The fourth-order valence-electron chi connectivity index (χ4n) is 3.46. The van der Waals surface area contributed by atoms with E-state index in [9.17, 15) is 9.18 Å². The van der Waals surface area contributed by atoms with Crippen LogP contribution in [0.1, 0.15) is 12.8 Å². The van der Waals surface area contributed by atoms with E-state index in [1.807, 2.05) is 11.4 Å². The second-order valence-corrected chi connectivity index (χ2v) is 8.77. The predicted molar refractivity (Wildman–Crippen MR) is 113 cm³/mol. The smallest absolute Gasteiger partial charge is 0.231 e. The number of halogens is 1. The number of furan rings is 1. The van der Waals surface area contributed by atoms with E-state index in [1.54, 1.807) is 18.4 Å². The summed E-state index contributed by atoms with van der Waals surface area (Å²) in [6.07, 6.45) is 3.32. The molecule has 1 aliphatic rings. The number of carbonyl (C=O) groups excluding carboxylic acids is 1. The third-order valence-electron chi connectivity index (χ3n) is 4.91. The summed E-state index contributed by atoms with van der Waals surface area (Å²) in [6.45, 7) is 1.43. The van der Waals surface area contributed by atoms with Crippen LogP contribution in [0.3, 0.4) is 0 Å². The molecule has 1 aliphatic heterocycles. The number of thiazole rings is 2. The van der Waals surface area contributed by atoms with Crippen molar-refractivity contribution < 1.29 is 13.6 Å². The van der Waals surface area contributed by atoms with Crippen LogP contribution >= 0.6 is 22.7 Å². The zero-order chi connectivity index (χ0) is 19.8. The maximum atomic E-state index is 13.5. The Hall–Kier alpha value is -2.78. The number of hydrogen-bond donors (Lipinski definition) is 1. The molecule has 3 aromatic heterocycles. The van der Waals surface area contributed by atoms with Gasteiger partial charge < -0.3 is 14.6 Å². The molecule has 0 spiro atoms. The van der Waals surface area contributed by atoms with Crippen LogP contribution in [-0.4, -0.2) is 29.0 Å². The first-order valence-electron chi connectivity index (χ1n) is 9.27. The lowest BCUT2D eigenvalue weighted by Gasteiger charge is -2.31. The molecule has 1 saturated heterocycles. The first-order valence-corrected chi connectivity index (χ1v) is 11.0. The van der Waals surface area contributed by atoms with Gasteiger partial charge in [0, 0.05) is 18.5 Å². The predicted octanol–water partition coefficient (Wildman–Crippen LogP) is 5.01. The van der Waals surface area contributed by atoms with E-state index >= 15 is 0 Å². The number of carbonyl (C=O) groups is 1. The summed E-state index contributed by atoms with van der Waals surface area (Å²) in [5, 5.41) is 6.19. The average Bonchev–Trinajstić information content (AvgIpc) is 3.48. The molecule has 5 rings (SSSR count). The molecular formula is C20H17FN4O2S2. The zero-order valence-electron chi connectivity index (χ0n) is 15.3. The van der Waals surface area contributed by atoms with Gasteiger partial charge in [-0.1, -0.05) is 11.3 Å². The molecule has 1 fully saturated rings. The van der Waals surface area contributed by atoms with E-state index in [1.165, 1.54) is 34.8 Å². The Morgan fingerprint density at radius 2 is 2.24 bits per heavy atom. The molecule has 1 amide bonds. The van der Waals surface area contributed by atoms with Gasteiger partial charge in [-0.3, -0.25) is 4.79 Å². The molecule has 0 bridgehead atoms. The molecule has 0 radical (unpaired) electrons. The number of amides is 1. The fraction of sp³-hybridized carbons (Fsp3) is 0.250. The highest BCUT2D eigenvalue weighted by Crippen LogP contribution is 2.32. The number of anilines is 2. The topological polar surface area (TPSA) is 71.3 Å². The van der Waals surface area contributed by atoms with E-state index in [2.05, 4.69) is 20.2 Å². The van der Waals surface area contributed by atoms with E-state index in [4.69, 9.17) is 4.42 Å². The van der Waals surface area contributed by atoms with Gasteiger partial charge in [0.25, 0.3) is 0 Å². The maximum Gasteiger partial charge on any atom is 0.231 e. The molecule has 6 nitrogen and oxygen atoms in total. The summed E-state index contributed by atoms with van der Waals surface area (Å²) in [6, 6.07) is 8.26. The van der Waals surface area contributed by atoms with Crippen molar-refractivity contribution in [3.8, 4) is 11.5 Å². The number of benzene rings is 1. The van der Waals surface area contributed by atoms with Gasteiger partial charge in [-0.25, -0.2) is 14.4 Å². The number of hydrogen-bond acceptors (Lipinski definition) is 7. The normalized spacial score (nSPS) is 17.0. The van der Waals surface area contributed by atoms with Gasteiger partial charge in [0.2, 0.25) is 5.91 Å². The first-order chi connectivity index (χ1) is 14.2. The van der Waals surface area contributed by atoms with Crippen LogP contribution in [0.15, 0.2) is 46.4 Å². The van der Waals surface area contributed by atoms with Crippen LogP contribution in [0.2, 0.25) is 0 Å². The summed E-state index contributed by atoms with van der Waals surface area (Å²) in [7, 11) is 0. The zero-order valence-corrected chi connectivity index (χ0v) is 16.9. The number of rotatable bonds is 4. The van der Waals surface area contributed by atoms with Crippen molar-refractivity contribution in [2.75, 3.05) is 23.3 Å². The molecule has 0 saturated carbocycles. The number of nitrogens with one attached hydrogen (secondary N) is 1. The minimum Gasteiger partial charge on any atom is -0.463 e. The van der Waals surface area contributed by atoms with Crippen LogP contribution in [-0.2, 0) is 4.79 Å². The maximum absolute atomic E-state index is 13.5. The highest BCUT2D eigenvalue weighted by atomic mass is 32.1. The van der Waals surface area contributed by atoms with Crippen molar-refractivity contribution in [2.24, 2.45) is 5.92 Å². The van der Waals surface area contributed by atoms with Gasteiger partial charge in [-0.2, -0.15) is 0 Å². The molecule has 29 heavy (non-hydrogen) atoms. The largest absolute Gasteiger partial charge is 0.463 e. The van der Waals surface area contributed by atoms with Crippen molar-refractivity contribution in [1.29, 1.82) is 0 Å². The molecule has 9 heteroatoms.